The van der Waals surface area contributed by atoms with Crippen molar-refractivity contribution in [1.29, 1.82) is 0 Å². The van der Waals surface area contributed by atoms with Gasteiger partial charge in [-0.1, -0.05) is 13.0 Å². The molecule has 6 nitrogen and oxygen atoms in total. The molecule has 2 rings (SSSR count). The van der Waals surface area contributed by atoms with Gasteiger partial charge in [0, 0.05) is 30.9 Å². The van der Waals surface area contributed by atoms with Crippen molar-refractivity contribution < 1.29 is 14.3 Å². The molecule has 1 aromatic rings. The van der Waals surface area contributed by atoms with Crippen molar-refractivity contribution in [2.75, 3.05) is 30.3 Å². The predicted molar refractivity (Wildman–Crippen MR) is 90.6 cm³/mol. The highest BCUT2D eigenvalue weighted by molar-refractivity contribution is 5.96. The van der Waals surface area contributed by atoms with Crippen LogP contribution < -0.4 is 16.0 Å². The molecule has 1 fully saturated rings. The maximum absolute atomic E-state index is 12.0. The molecule has 1 unspecified atom stereocenters. The van der Waals surface area contributed by atoms with E-state index in [1.165, 1.54) is 0 Å². The van der Waals surface area contributed by atoms with Crippen LogP contribution in [-0.2, 0) is 14.3 Å². The zero-order valence-electron chi connectivity index (χ0n) is 13.8. The monoisotopic (exact) mass is 319 g/mol. The number of ether oxygens (including phenoxy) is 1. The topological polar surface area (TPSA) is 79.5 Å². The second kappa shape index (κ2) is 8.64. The number of benzene rings is 1. The Kier molecular flexibility index (Phi) is 6.55. The standard InChI is InChI=1S/C17H25N3O3/c1-3-16(21)19-14-7-4-8-15(12(14)2)20-17(22)11-18-10-13-6-5-9-23-13/h4,7-8,13,18H,3,5-6,9-11H2,1-2H3,(H,19,21)(H,20,22). The van der Waals surface area contributed by atoms with Gasteiger partial charge in [0.1, 0.15) is 0 Å². The molecule has 1 aliphatic rings. The second-order valence-electron chi connectivity index (χ2n) is 5.69. The zero-order chi connectivity index (χ0) is 16.7. The van der Waals surface area contributed by atoms with E-state index in [1.807, 2.05) is 25.1 Å². The highest BCUT2D eigenvalue weighted by Gasteiger charge is 2.15. The molecule has 0 saturated carbocycles. The molecule has 3 N–H and O–H groups in total. The molecule has 2 amide bonds. The number of nitrogens with one attached hydrogen (secondary N) is 3. The first-order valence-electron chi connectivity index (χ1n) is 8.11. The summed E-state index contributed by atoms with van der Waals surface area (Å²) in [6.45, 7) is 5.43. The van der Waals surface area contributed by atoms with Crippen molar-refractivity contribution in [3.63, 3.8) is 0 Å². The SMILES string of the molecule is CCC(=O)Nc1cccc(NC(=O)CNCC2CCCO2)c1C. The van der Waals surface area contributed by atoms with Crippen molar-refractivity contribution in [3.8, 4) is 0 Å². The van der Waals surface area contributed by atoms with Crippen LogP contribution in [0.4, 0.5) is 11.4 Å². The lowest BCUT2D eigenvalue weighted by atomic mass is 10.1. The van der Waals surface area contributed by atoms with Gasteiger partial charge in [-0.15, -0.1) is 0 Å². The average molecular weight is 319 g/mol. The molecule has 1 aliphatic heterocycles. The summed E-state index contributed by atoms with van der Waals surface area (Å²) >= 11 is 0. The van der Waals surface area contributed by atoms with Crippen molar-refractivity contribution in [2.24, 2.45) is 0 Å². The Morgan fingerprint density at radius 2 is 1.91 bits per heavy atom. The Morgan fingerprint density at radius 1 is 1.22 bits per heavy atom. The van der Waals surface area contributed by atoms with Gasteiger partial charge < -0.3 is 20.7 Å². The van der Waals surface area contributed by atoms with E-state index < -0.39 is 0 Å². The summed E-state index contributed by atoms with van der Waals surface area (Å²) in [7, 11) is 0. The molecule has 0 aromatic heterocycles. The lowest BCUT2D eigenvalue weighted by Gasteiger charge is -2.14. The molecule has 6 heteroatoms. The van der Waals surface area contributed by atoms with Gasteiger partial charge in [0.2, 0.25) is 11.8 Å². The normalized spacial score (nSPS) is 17.0. The van der Waals surface area contributed by atoms with Gasteiger partial charge in [0.15, 0.2) is 0 Å². The van der Waals surface area contributed by atoms with E-state index >= 15 is 0 Å². The summed E-state index contributed by atoms with van der Waals surface area (Å²) < 4.78 is 5.50. The van der Waals surface area contributed by atoms with E-state index in [1.54, 1.807) is 6.92 Å². The molecule has 1 saturated heterocycles. The predicted octanol–water partition coefficient (Wildman–Crippen LogP) is 2.05. The summed E-state index contributed by atoms with van der Waals surface area (Å²) in [5, 5.41) is 8.82. The number of carbonyl (C=O) groups is 2. The van der Waals surface area contributed by atoms with E-state index in [-0.39, 0.29) is 24.5 Å². The Morgan fingerprint density at radius 3 is 2.52 bits per heavy atom. The van der Waals surface area contributed by atoms with E-state index in [2.05, 4.69) is 16.0 Å². The van der Waals surface area contributed by atoms with Crippen LogP contribution in [0.5, 0.6) is 0 Å². The minimum atomic E-state index is -0.106. The summed E-state index contributed by atoms with van der Waals surface area (Å²) in [6.07, 6.45) is 2.78. The van der Waals surface area contributed by atoms with Gasteiger partial charge in [0.05, 0.1) is 12.6 Å². The largest absolute Gasteiger partial charge is 0.377 e. The smallest absolute Gasteiger partial charge is 0.238 e. The summed E-state index contributed by atoms with van der Waals surface area (Å²) in [5.41, 5.74) is 2.28. The molecular weight excluding hydrogens is 294 g/mol. The number of rotatable bonds is 7. The quantitative estimate of drug-likeness (QED) is 0.718. The van der Waals surface area contributed by atoms with Crippen LogP contribution in [0.15, 0.2) is 18.2 Å². The van der Waals surface area contributed by atoms with Crippen LogP contribution in [-0.4, -0.2) is 37.6 Å². The molecule has 0 bridgehead atoms. The van der Waals surface area contributed by atoms with E-state index in [9.17, 15) is 9.59 Å². The van der Waals surface area contributed by atoms with Crippen LogP contribution in [0.1, 0.15) is 31.7 Å². The Bertz CT molecular complexity index is 554. The summed E-state index contributed by atoms with van der Waals surface area (Å²) in [5.74, 6) is -0.153. The van der Waals surface area contributed by atoms with Gasteiger partial charge in [-0.2, -0.15) is 0 Å². The molecular formula is C17H25N3O3. The van der Waals surface area contributed by atoms with Gasteiger partial charge in [0.25, 0.3) is 0 Å². The van der Waals surface area contributed by atoms with Crippen molar-refractivity contribution in [2.45, 2.75) is 39.2 Å². The van der Waals surface area contributed by atoms with Crippen LogP contribution in [0.3, 0.4) is 0 Å². The molecule has 1 atom stereocenters. The number of carbonyl (C=O) groups excluding carboxylic acids is 2. The third-order valence-corrected chi connectivity index (χ3v) is 3.88. The lowest BCUT2D eigenvalue weighted by molar-refractivity contribution is -0.116. The van der Waals surface area contributed by atoms with Crippen LogP contribution >= 0.6 is 0 Å². The molecule has 126 valence electrons. The van der Waals surface area contributed by atoms with Crippen LogP contribution in [0.25, 0.3) is 0 Å². The van der Waals surface area contributed by atoms with Crippen LogP contribution in [0.2, 0.25) is 0 Å². The Labute approximate surface area is 137 Å². The zero-order valence-corrected chi connectivity index (χ0v) is 13.8. The maximum atomic E-state index is 12.0. The lowest BCUT2D eigenvalue weighted by Crippen LogP contribution is -2.33. The fraction of sp³-hybridized carbons (Fsp3) is 0.529. The third-order valence-electron chi connectivity index (χ3n) is 3.88. The highest BCUT2D eigenvalue weighted by atomic mass is 16.5. The second-order valence-corrected chi connectivity index (χ2v) is 5.69. The maximum Gasteiger partial charge on any atom is 0.238 e. The van der Waals surface area contributed by atoms with Crippen molar-refractivity contribution in [3.05, 3.63) is 23.8 Å². The molecule has 23 heavy (non-hydrogen) atoms. The fourth-order valence-electron chi connectivity index (χ4n) is 2.49. The molecule has 1 aromatic carbocycles. The Balaban J connectivity index is 1.84. The first kappa shape index (κ1) is 17.4. The third kappa shape index (κ3) is 5.33. The molecule has 0 spiro atoms. The van der Waals surface area contributed by atoms with Gasteiger partial charge in [-0.25, -0.2) is 0 Å². The number of amides is 2. The molecule has 1 heterocycles. The first-order valence-corrected chi connectivity index (χ1v) is 8.11. The van der Waals surface area contributed by atoms with E-state index in [4.69, 9.17) is 4.74 Å². The average Bonchev–Trinajstić information content (AvgIpc) is 3.04. The van der Waals surface area contributed by atoms with Crippen LogP contribution in [0, 0.1) is 6.92 Å². The van der Waals surface area contributed by atoms with Gasteiger partial charge in [-0.05, 0) is 37.5 Å². The number of anilines is 2. The first-order chi connectivity index (χ1) is 11.1. The van der Waals surface area contributed by atoms with E-state index in [0.717, 1.165) is 30.7 Å². The minimum absolute atomic E-state index is 0.0465. The minimum Gasteiger partial charge on any atom is -0.377 e. The number of hydrogen-bond acceptors (Lipinski definition) is 4. The molecule has 0 radical (unpaired) electrons. The number of hydrogen-bond donors (Lipinski definition) is 3. The highest BCUT2D eigenvalue weighted by Crippen LogP contribution is 2.23. The summed E-state index contributed by atoms with van der Waals surface area (Å²) in [4.78, 5) is 23.5. The van der Waals surface area contributed by atoms with E-state index in [0.29, 0.717) is 18.7 Å². The van der Waals surface area contributed by atoms with Gasteiger partial charge >= 0.3 is 0 Å². The van der Waals surface area contributed by atoms with Crippen molar-refractivity contribution >= 4 is 23.2 Å². The Hall–Kier alpha value is -1.92. The molecule has 0 aliphatic carbocycles. The summed E-state index contributed by atoms with van der Waals surface area (Å²) in [6, 6.07) is 5.47. The van der Waals surface area contributed by atoms with Crippen molar-refractivity contribution in [1.82, 2.24) is 5.32 Å². The fourth-order valence-corrected chi connectivity index (χ4v) is 2.49. The van der Waals surface area contributed by atoms with Gasteiger partial charge in [-0.3, -0.25) is 9.59 Å².